The molecule has 0 amide bonds. The molecule has 4 nitrogen and oxygen atoms in total. The van der Waals surface area contributed by atoms with Crippen molar-refractivity contribution in [2.24, 2.45) is 0 Å². The zero-order chi connectivity index (χ0) is 12.1. The lowest BCUT2D eigenvalue weighted by Crippen LogP contribution is -2.10. The van der Waals surface area contributed by atoms with Crippen molar-refractivity contribution < 1.29 is 19.8 Å². The fraction of sp³-hybridized carbons (Fsp3) is 0.273. The summed E-state index contributed by atoms with van der Waals surface area (Å²) in [5, 5.41) is 18.1. The summed E-state index contributed by atoms with van der Waals surface area (Å²) in [6, 6.07) is 4.93. The molecular formula is C11H11BrO4. The quantitative estimate of drug-likeness (QED) is 0.808. The molecule has 0 spiro atoms. The topological polar surface area (TPSA) is 74.6 Å². The van der Waals surface area contributed by atoms with Crippen LogP contribution in [0, 0.1) is 0 Å². The lowest BCUT2D eigenvalue weighted by Gasteiger charge is -2.08. The first kappa shape index (κ1) is 12.9. The summed E-state index contributed by atoms with van der Waals surface area (Å²) in [5.41, 5.74) is 1.12. The van der Waals surface area contributed by atoms with Crippen molar-refractivity contribution in [3.63, 3.8) is 0 Å². The third-order valence-corrected chi connectivity index (χ3v) is 2.54. The molecule has 0 aliphatic rings. The number of aliphatic hydroxyl groups is 1. The minimum atomic E-state index is -1.53. The number of carbonyl (C=O) groups excluding carboxylic acids is 1. The Morgan fingerprint density at radius 2 is 2.12 bits per heavy atom. The first-order valence-corrected chi connectivity index (χ1v) is 5.47. The van der Waals surface area contributed by atoms with Crippen LogP contribution in [-0.2, 0) is 16.0 Å². The second kappa shape index (κ2) is 5.77. The van der Waals surface area contributed by atoms with Crippen LogP contribution in [0.3, 0.4) is 0 Å². The molecule has 86 valence electrons. The summed E-state index contributed by atoms with van der Waals surface area (Å²) >= 11 is 3.23. The third-order valence-electron chi connectivity index (χ3n) is 2.08. The number of halogens is 1. The molecule has 0 saturated carbocycles. The molecule has 2 N–H and O–H groups in total. The minimum absolute atomic E-state index is 0.308. The normalized spacial score (nSPS) is 12.1. The van der Waals surface area contributed by atoms with Crippen LogP contribution in [0.15, 0.2) is 22.7 Å². The van der Waals surface area contributed by atoms with E-state index in [1.165, 1.54) is 0 Å². The maximum Gasteiger partial charge on any atom is 0.337 e. The van der Waals surface area contributed by atoms with Crippen LogP contribution in [0.2, 0.25) is 0 Å². The number of hydrogen-bond acceptors (Lipinski definition) is 3. The zero-order valence-corrected chi connectivity index (χ0v) is 9.98. The number of aliphatic hydroxyl groups excluding tert-OH is 1. The summed E-state index contributed by atoms with van der Waals surface area (Å²) in [6.45, 7) is 0. The van der Waals surface area contributed by atoms with Gasteiger partial charge in [-0.05, 0) is 29.7 Å². The van der Waals surface area contributed by atoms with Crippen molar-refractivity contribution in [1.29, 1.82) is 0 Å². The van der Waals surface area contributed by atoms with E-state index in [1.54, 1.807) is 18.2 Å². The van der Waals surface area contributed by atoms with Crippen LogP contribution in [0.5, 0.6) is 0 Å². The van der Waals surface area contributed by atoms with Gasteiger partial charge in [-0.1, -0.05) is 22.0 Å². The Labute approximate surface area is 101 Å². The second-order valence-electron chi connectivity index (χ2n) is 3.34. The fourth-order valence-corrected chi connectivity index (χ4v) is 1.90. The summed E-state index contributed by atoms with van der Waals surface area (Å²) in [6.07, 6.45) is 0.169. The monoisotopic (exact) mass is 286 g/mol. The summed E-state index contributed by atoms with van der Waals surface area (Å²) in [5.74, 6) is -1.29. The Morgan fingerprint density at radius 3 is 2.69 bits per heavy atom. The van der Waals surface area contributed by atoms with E-state index in [0.29, 0.717) is 22.9 Å². The predicted octanol–water partition coefficient (Wildman–Crippen LogP) is 1.70. The number of carboxylic acids is 1. The Morgan fingerprint density at radius 1 is 1.44 bits per heavy atom. The van der Waals surface area contributed by atoms with Crippen molar-refractivity contribution in [3.05, 3.63) is 33.8 Å². The molecule has 0 heterocycles. The minimum Gasteiger partial charge on any atom is -0.479 e. The lowest BCUT2D eigenvalue weighted by atomic mass is 10.0. The molecule has 1 atom stereocenters. The molecule has 0 aliphatic heterocycles. The van der Waals surface area contributed by atoms with E-state index >= 15 is 0 Å². The van der Waals surface area contributed by atoms with Crippen LogP contribution >= 0.6 is 15.9 Å². The molecule has 1 unspecified atom stereocenters. The summed E-state index contributed by atoms with van der Waals surface area (Å²) in [7, 11) is 0. The van der Waals surface area contributed by atoms with Crippen LogP contribution in [0.4, 0.5) is 0 Å². The first-order chi connectivity index (χ1) is 7.54. The molecule has 0 aromatic heterocycles. The molecule has 0 bridgehead atoms. The van der Waals surface area contributed by atoms with E-state index in [2.05, 4.69) is 15.9 Å². The molecule has 16 heavy (non-hydrogen) atoms. The van der Waals surface area contributed by atoms with Crippen molar-refractivity contribution >= 4 is 28.2 Å². The number of aldehydes is 1. The molecular weight excluding hydrogens is 276 g/mol. The molecule has 0 saturated heterocycles. The average molecular weight is 287 g/mol. The van der Waals surface area contributed by atoms with Crippen LogP contribution in [0.25, 0.3) is 0 Å². The van der Waals surface area contributed by atoms with Gasteiger partial charge in [-0.25, -0.2) is 4.79 Å². The number of hydrogen-bond donors (Lipinski definition) is 2. The summed E-state index contributed by atoms with van der Waals surface area (Å²) in [4.78, 5) is 20.8. The van der Waals surface area contributed by atoms with Gasteiger partial charge in [0, 0.05) is 10.9 Å². The Hall–Kier alpha value is -1.20. The molecule has 5 heteroatoms. The number of rotatable bonds is 5. The van der Waals surface area contributed by atoms with Gasteiger partial charge in [-0.3, -0.25) is 0 Å². The van der Waals surface area contributed by atoms with Gasteiger partial charge in [0.2, 0.25) is 0 Å². The highest BCUT2D eigenvalue weighted by Crippen LogP contribution is 2.22. The Bertz CT molecular complexity index is 403. The van der Waals surface area contributed by atoms with Crippen LogP contribution < -0.4 is 0 Å². The molecule has 0 radical (unpaired) electrons. The lowest BCUT2D eigenvalue weighted by molar-refractivity contribution is -0.146. The van der Waals surface area contributed by atoms with Crippen molar-refractivity contribution in [1.82, 2.24) is 0 Å². The van der Waals surface area contributed by atoms with E-state index < -0.39 is 12.1 Å². The van der Waals surface area contributed by atoms with Gasteiger partial charge < -0.3 is 15.0 Å². The van der Waals surface area contributed by atoms with Gasteiger partial charge in [-0.2, -0.15) is 0 Å². The number of aliphatic carboxylic acids is 1. The maximum atomic E-state index is 10.6. The SMILES string of the molecule is O=CCCc1cc(Br)cc(C(O)C(=O)O)c1. The van der Waals surface area contributed by atoms with Gasteiger partial charge in [0.25, 0.3) is 0 Å². The van der Waals surface area contributed by atoms with Crippen LogP contribution in [-0.4, -0.2) is 22.5 Å². The van der Waals surface area contributed by atoms with E-state index in [1.807, 2.05) is 0 Å². The molecule has 0 aliphatic carbocycles. The van der Waals surface area contributed by atoms with Gasteiger partial charge in [0.1, 0.15) is 6.29 Å². The van der Waals surface area contributed by atoms with E-state index in [-0.39, 0.29) is 0 Å². The standard InChI is InChI=1S/C11H11BrO4/c12-9-5-7(2-1-3-13)4-8(6-9)10(14)11(15)16/h3-6,10,14H,1-2H2,(H,15,16). The highest BCUT2D eigenvalue weighted by Gasteiger charge is 2.16. The predicted molar refractivity (Wildman–Crippen MR) is 61.1 cm³/mol. The molecule has 0 fully saturated rings. The van der Waals surface area contributed by atoms with Gasteiger partial charge in [0.05, 0.1) is 0 Å². The number of aryl methyl sites for hydroxylation is 1. The van der Waals surface area contributed by atoms with Gasteiger partial charge in [0.15, 0.2) is 6.10 Å². The van der Waals surface area contributed by atoms with Crippen LogP contribution in [0.1, 0.15) is 23.7 Å². The van der Waals surface area contributed by atoms with E-state index in [9.17, 15) is 14.7 Å². The molecule has 1 aromatic rings. The number of carboxylic acid groups (broad SMARTS) is 1. The van der Waals surface area contributed by atoms with Gasteiger partial charge in [-0.15, -0.1) is 0 Å². The third kappa shape index (κ3) is 3.43. The van der Waals surface area contributed by atoms with Crippen molar-refractivity contribution in [2.75, 3.05) is 0 Å². The average Bonchev–Trinajstić information content (AvgIpc) is 2.24. The first-order valence-electron chi connectivity index (χ1n) is 4.68. The van der Waals surface area contributed by atoms with E-state index in [4.69, 9.17) is 5.11 Å². The Kier molecular flexibility index (Phi) is 4.64. The Balaban J connectivity index is 2.97. The molecule has 1 rings (SSSR count). The maximum absolute atomic E-state index is 10.6. The highest BCUT2D eigenvalue weighted by molar-refractivity contribution is 9.10. The summed E-state index contributed by atoms with van der Waals surface area (Å²) < 4.78 is 0.686. The van der Waals surface area contributed by atoms with Crippen molar-refractivity contribution in [2.45, 2.75) is 18.9 Å². The fourth-order valence-electron chi connectivity index (χ4n) is 1.35. The number of benzene rings is 1. The highest BCUT2D eigenvalue weighted by atomic mass is 79.9. The van der Waals surface area contributed by atoms with Gasteiger partial charge >= 0.3 is 5.97 Å². The van der Waals surface area contributed by atoms with E-state index in [0.717, 1.165) is 11.8 Å². The molecule has 1 aromatic carbocycles. The second-order valence-corrected chi connectivity index (χ2v) is 4.25. The number of carbonyl (C=O) groups is 2. The largest absolute Gasteiger partial charge is 0.479 e. The zero-order valence-electron chi connectivity index (χ0n) is 8.39. The van der Waals surface area contributed by atoms with Crippen molar-refractivity contribution in [3.8, 4) is 0 Å². The smallest absolute Gasteiger partial charge is 0.337 e.